The number of aromatic nitrogens is 1. The summed E-state index contributed by atoms with van der Waals surface area (Å²) in [7, 11) is 0. The molecule has 0 bridgehead atoms. The number of carbonyl (C=O) groups excluding carboxylic acids is 1. The van der Waals surface area contributed by atoms with Crippen molar-refractivity contribution in [2.45, 2.75) is 6.54 Å². The summed E-state index contributed by atoms with van der Waals surface area (Å²) in [5.74, 6) is 0.0406. The normalized spacial score (nSPS) is 10.8. The van der Waals surface area contributed by atoms with Crippen LogP contribution >= 0.6 is 11.3 Å². The second-order valence-corrected chi connectivity index (χ2v) is 5.61. The van der Waals surface area contributed by atoms with Crippen molar-refractivity contribution in [3.8, 4) is 0 Å². The van der Waals surface area contributed by atoms with Crippen LogP contribution in [0.15, 0.2) is 48.5 Å². The Hall–Kier alpha value is -2.40. The zero-order chi connectivity index (χ0) is 14.1. The van der Waals surface area contributed by atoms with Gasteiger partial charge in [0.05, 0.1) is 4.70 Å². The average Bonchev–Trinajstić information content (AvgIpc) is 2.75. The van der Waals surface area contributed by atoms with Gasteiger partial charge in [-0.15, -0.1) is 0 Å². The van der Waals surface area contributed by atoms with Gasteiger partial charge in [-0.1, -0.05) is 30.3 Å². The number of nitrogen functional groups attached to an aromatic ring is 2. The van der Waals surface area contributed by atoms with Gasteiger partial charge in [-0.05, 0) is 29.5 Å². The molecule has 5 heteroatoms. The molecule has 100 valence electrons. The van der Waals surface area contributed by atoms with E-state index in [0.717, 1.165) is 10.2 Å². The van der Waals surface area contributed by atoms with Crippen LogP contribution in [-0.2, 0) is 6.54 Å². The molecule has 1 heterocycles. The van der Waals surface area contributed by atoms with E-state index in [-0.39, 0.29) is 12.3 Å². The summed E-state index contributed by atoms with van der Waals surface area (Å²) in [5.41, 5.74) is 14.1. The molecule has 0 amide bonds. The minimum atomic E-state index is 0.0406. The molecule has 1 aromatic heterocycles. The Labute approximate surface area is 120 Å². The van der Waals surface area contributed by atoms with Crippen LogP contribution in [0.3, 0.4) is 0 Å². The molecule has 3 aromatic rings. The molecule has 4 N–H and O–H groups in total. The van der Waals surface area contributed by atoms with Crippen LogP contribution in [0.25, 0.3) is 10.2 Å². The smallest absolute Gasteiger partial charge is 0.333 e. The Kier molecular flexibility index (Phi) is 3.12. The van der Waals surface area contributed by atoms with E-state index < -0.39 is 0 Å². The standard InChI is InChI=1S/C15H13N3OS/c16-11-6-7-12-14(8-11)20-15(17)18(12)9-13(19)10-4-2-1-3-5-10/h1-8,17H,9,16H2/p+1. The van der Waals surface area contributed by atoms with E-state index in [1.54, 1.807) is 0 Å². The first-order valence-electron chi connectivity index (χ1n) is 6.21. The van der Waals surface area contributed by atoms with E-state index in [0.29, 0.717) is 16.4 Å². The van der Waals surface area contributed by atoms with Gasteiger partial charge in [0.2, 0.25) is 5.78 Å². The largest absolute Gasteiger partial charge is 0.399 e. The predicted molar refractivity (Wildman–Crippen MR) is 81.6 cm³/mol. The fourth-order valence-electron chi connectivity index (χ4n) is 2.14. The van der Waals surface area contributed by atoms with Crippen molar-refractivity contribution < 1.29 is 9.36 Å². The highest BCUT2D eigenvalue weighted by Crippen LogP contribution is 2.24. The highest BCUT2D eigenvalue weighted by molar-refractivity contribution is 7.21. The number of thiazole rings is 1. The van der Waals surface area contributed by atoms with E-state index in [1.807, 2.05) is 53.1 Å². The van der Waals surface area contributed by atoms with Gasteiger partial charge < -0.3 is 5.73 Å². The Morgan fingerprint density at radius 2 is 1.85 bits per heavy atom. The Morgan fingerprint density at radius 3 is 2.60 bits per heavy atom. The number of benzene rings is 2. The molecule has 0 saturated carbocycles. The summed E-state index contributed by atoms with van der Waals surface area (Å²) in [6.45, 7) is 0.236. The van der Waals surface area contributed by atoms with E-state index in [2.05, 4.69) is 0 Å². The molecule has 0 unspecified atom stereocenters. The molecule has 2 aromatic carbocycles. The lowest BCUT2D eigenvalue weighted by Gasteiger charge is -2.01. The van der Waals surface area contributed by atoms with Gasteiger partial charge in [0.1, 0.15) is 5.52 Å². The number of Topliss-reactive ketones (excluding diaryl/α,β-unsaturated/α-hetero) is 1. The minimum Gasteiger partial charge on any atom is -0.399 e. The fourth-order valence-corrected chi connectivity index (χ4v) is 3.12. The number of hydrogen-bond acceptors (Lipinski definition) is 4. The third-order valence-corrected chi connectivity index (χ3v) is 4.13. The summed E-state index contributed by atoms with van der Waals surface area (Å²) in [5, 5.41) is 0.606. The van der Waals surface area contributed by atoms with Crippen molar-refractivity contribution in [1.82, 2.24) is 0 Å². The summed E-state index contributed by atoms with van der Waals surface area (Å²) in [4.78, 5) is 12.3. The molecule has 3 rings (SSSR count). The van der Waals surface area contributed by atoms with Gasteiger partial charge in [-0.2, -0.15) is 0 Å². The van der Waals surface area contributed by atoms with Gasteiger partial charge in [0.25, 0.3) is 0 Å². The molecule has 0 aliphatic rings. The third kappa shape index (κ3) is 2.23. The molecule has 0 spiro atoms. The highest BCUT2D eigenvalue weighted by Gasteiger charge is 2.18. The summed E-state index contributed by atoms with van der Waals surface area (Å²) in [6.07, 6.45) is 0. The van der Waals surface area contributed by atoms with Crippen LogP contribution < -0.4 is 16.0 Å². The Morgan fingerprint density at radius 1 is 1.10 bits per heavy atom. The average molecular weight is 284 g/mol. The zero-order valence-corrected chi connectivity index (χ0v) is 11.6. The predicted octanol–water partition coefficient (Wildman–Crippen LogP) is 2.24. The second-order valence-electron chi connectivity index (χ2n) is 4.54. The number of rotatable bonds is 3. The van der Waals surface area contributed by atoms with Gasteiger partial charge in [-0.3, -0.25) is 10.5 Å². The minimum absolute atomic E-state index is 0.0406. The lowest BCUT2D eigenvalue weighted by molar-refractivity contribution is -0.638. The van der Waals surface area contributed by atoms with Crippen LogP contribution in [0.2, 0.25) is 0 Å². The van der Waals surface area contributed by atoms with E-state index in [1.165, 1.54) is 11.3 Å². The second kappa shape index (κ2) is 4.94. The number of fused-ring (bicyclic) bond motifs is 1. The highest BCUT2D eigenvalue weighted by atomic mass is 32.1. The molecule has 0 saturated heterocycles. The molecule has 0 atom stereocenters. The lowest BCUT2D eigenvalue weighted by Crippen LogP contribution is -2.39. The molecule has 20 heavy (non-hydrogen) atoms. The number of nitrogens with two attached hydrogens (primary N) is 2. The van der Waals surface area contributed by atoms with Gasteiger partial charge in [-0.25, -0.2) is 4.57 Å². The quantitative estimate of drug-likeness (QED) is 0.440. The van der Waals surface area contributed by atoms with Crippen LogP contribution in [0, 0.1) is 0 Å². The summed E-state index contributed by atoms with van der Waals surface area (Å²) in [6, 6.07) is 14.8. The SMILES string of the molecule is Nc1ccc2c(c1)sc(N)[n+]2CC(=O)c1ccccc1. The van der Waals surface area contributed by atoms with Crippen molar-refractivity contribution in [1.29, 1.82) is 0 Å². The van der Waals surface area contributed by atoms with Crippen LogP contribution in [0.1, 0.15) is 10.4 Å². The van der Waals surface area contributed by atoms with Crippen molar-refractivity contribution >= 4 is 38.2 Å². The molecular weight excluding hydrogens is 270 g/mol. The van der Waals surface area contributed by atoms with Gasteiger partial charge in [0.15, 0.2) is 6.54 Å². The monoisotopic (exact) mass is 284 g/mol. The van der Waals surface area contributed by atoms with Crippen molar-refractivity contribution in [2.75, 3.05) is 11.5 Å². The van der Waals surface area contributed by atoms with Crippen LogP contribution in [0.5, 0.6) is 0 Å². The first-order chi connectivity index (χ1) is 9.65. The van der Waals surface area contributed by atoms with E-state index in [9.17, 15) is 4.79 Å². The molecule has 0 aliphatic carbocycles. The molecular formula is C15H14N3OS+. The number of ketones is 1. The van der Waals surface area contributed by atoms with Crippen LogP contribution in [0.4, 0.5) is 10.8 Å². The number of anilines is 2. The van der Waals surface area contributed by atoms with Crippen LogP contribution in [-0.4, -0.2) is 5.78 Å². The molecule has 0 radical (unpaired) electrons. The fraction of sp³-hybridized carbons (Fsp3) is 0.0667. The topological polar surface area (TPSA) is 73.0 Å². The number of carbonyl (C=O) groups is 1. The lowest BCUT2D eigenvalue weighted by atomic mass is 10.1. The van der Waals surface area contributed by atoms with Gasteiger partial charge in [0, 0.05) is 11.3 Å². The van der Waals surface area contributed by atoms with Crippen molar-refractivity contribution in [3.63, 3.8) is 0 Å². The Bertz CT molecular complexity index is 780. The maximum Gasteiger partial charge on any atom is 0.333 e. The van der Waals surface area contributed by atoms with Crippen molar-refractivity contribution in [3.05, 3.63) is 54.1 Å². The zero-order valence-electron chi connectivity index (χ0n) is 10.7. The van der Waals surface area contributed by atoms with E-state index in [4.69, 9.17) is 11.5 Å². The maximum atomic E-state index is 12.3. The van der Waals surface area contributed by atoms with Gasteiger partial charge >= 0.3 is 5.13 Å². The third-order valence-electron chi connectivity index (χ3n) is 3.15. The number of hydrogen-bond donors (Lipinski definition) is 2. The van der Waals surface area contributed by atoms with E-state index >= 15 is 0 Å². The summed E-state index contributed by atoms with van der Waals surface area (Å²) < 4.78 is 2.82. The molecule has 0 aliphatic heterocycles. The maximum absolute atomic E-state index is 12.3. The number of nitrogens with zero attached hydrogens (tertiary/aromatic N) is 1. The summed E-state index contributed by atoms with van der Waals surface area (Å²) >= 11 is 1.44. The Balaban J connectivity index is 1.99. The van der Waals surface area contributed by atoms with Crippen molar-refractivity contribution in [2.24, 2.45) is 0 Å². The molecule has 4 nitrogen and oxygen atoms in total. The first-order valence-corrected chi connectivity index (χ1v) is 7.02. The molecule has 0 fully saturated rings. The first kappa shape index (κ1) is 12.6.